The summed E-state index contributed by atoms with van der Waals surface area (Å²) in [6.45, 7) is 2.63. The van der Waals surface area contributed by atoms with Gasteiger partial charge >= 0.3 is 0 Å². The van der Waals surface area contributed by atoms with E-state index in [4.69, 9.17) is 11.0 Å². The Balaban J connectivity index is 2.25. The standard InChI is InChI=1S/C7H13N3/c8-5-7-1-3-10(6-9)4-2-7/h7H,1-4,6,9H2. The minimum atomic E-state index is 0.280. The van der Waals surface area contributed by atoms with Crippen LogP contribution in [0.2, 0.25) is 0 Å². The summed E-state index contributed by atoms with van der Waals surface area (Å²) in [7, 11) is 0. The van der Waals surface area contributed by atoms with Crippen LogP contribution in [0.4, 0.5) is 0 Å². The molecule has 0 aromatic rings. The second-order valence-corrected chi connectivity index (χ2v) is 2.70. The van der Waals surface area contributed by atoms with E-state index in [0.29, 0.717) is 6.67 Å². The maximum atomic E-state index is 8.55. The third kappa shape index (κ3) is 1.69. The zero-order chi connectivity index (χ0) is 7.40. The number of piperidine rings is 1. The van der Waals surface area contributed by atoms with E-state index in [1.54, 1.807) is 0 Å². The largest absolute Gasteiger partial charge is 0.318 e. The average molecular weight is 139 g/mol. The minimum absolute atomic E-state index is 0.280. The Morgan fingerprint density at radius 2 is 2.10 bits per heavy atom. The molecule has 0 unspecified atom stereocenters. The van der Waals surface area contributed by atoms with Crippen molar-refractivity contribution in [2.24, 2.45) is 11.7 Å². The summed E-state index contributed by atoms with van der Waals surface area (Å²) in [4.78, 5) is 2.17. The van der Waals surface area contributed by atoms with Gasteiger partial charge in [0.15, 0.2) is 0 Å². The number of hydrogen-bond acceptors (Lipinski definition) is 3. The molecule has 10 heavy (non-hydrogen) atoms. The molecule has 0 amide bonds. The van der Waals surface area contributed by atoms with Crippen LogP contribution in [0, 0.1) is 17.2 Å². The molecule has 3 heteroatoms. The van der Waals surface area contributed by atoms with Crippen LogP contribution in [0.25, 0.3) is 0 Å². The zero-order valence-electron chi connectivity index (χ0n) is 6.08. The highest BCUT2D eigenvalue weighted by molar-refractivity contribution is 4.86. The summed E-state index contributed by atoms with van der Waals surface area (Å²) >= 11 is 0. The molecule has 56 valence electrons. The summed E-state index contributed by atoms with van der Waals surface area (Å²) in [6, 6.07) is 2.28. The van der Waals surface area contributed by atoms with Crippen molar-refractivity contribution < 1.29 is 0 Å². The summed E-state index contributed by atoms with van der Waals surface area (Å²) in [5.74, 6) is 0.280. The van der Waals surface area contributed by atoms with Crippen LogP contribution in [0.15, 0.2) is 0 Å². The molecule has 0 bridgehead atoms. The van der Waals surface area contributed by atoms with Gasteiger partial charge in [0.25, 0.3) is 0 Å². The van der Waals surface area contributed by atoms with E-state index in [2.05, 4.69) is 11.0 Å². The van der Waals surface area contributed by atoms with Gasteiger partial charge in [-0.3, -0.25) is 4.90 Å². The van der Waals surface area contributed by atoms with Gasteiger partial charge in [-0.05, 0) is 12.8 Å². The highest BCUT2D eigenvalue weighted by atomic mass is 15.2. The molecule has 0 aliphatic carbocycles. The summed E-state index contributed by atoms with van der Waals surface area (Å²) in [6.07, 6.45) is 1.99. The topological polar surface area (TPSA) is 53.0 Å². The van der Waals surface area contributed by atoms with Crippen molar-refractivity contribution >= 4 is 0 Å². The minimum Gasteiger partial charge on any atom is -0.318 e. The van der Waals surface area contributed by atoms with Gasteiger partial charge in [0.1, 0.15) is 0 Å². The molecule has 1 rings (SSSR count). The van der Waals surface area contributed by atoms with E-state index in [0.717, 1.165) is 25.9 Å². The van der Waals surface area contributed by atoms with E-state index in [1.807, 2.05) is 0 Å². The Kier molecular flexibility index (Phi) is 2.67. The molecule has 0 aromatic heterocycles. The summed E-state index contributed by atoms with van der Waals surface area (Å²) in [5, 5.41) is 8.55. The molecule has 0 atom stereocenters. The van der Waals surface area contributed by atoms with Crippen molar-refractivity contribution in [3.05, 3.63) is 0 Å². The SMILES string of the molecule is N#CC1CCN(CN)CC1. The second kappa shape index (κ2) is 3.55. The Labute approximate surface area is 61.4 Å². The molecule has 1 aliphatic rings. The van der Waals surface area contributed by atoms with Crippen molar-refractivity contribution in [1.29, 1.82) is 5.26 Å². The Morgan fingerprint density at radius 3 is 2.50 bits per heavy atom. The molecule has 0 spiro atoms. The van der Waals surface area contributed by atoms with Crippen molar-refractivity contribution in [3.63, 3.8) is 0 Å². The fourth-order valence-corrected chi connectivity index (χ4v) is 1.24. The number of hydrogen-bond donors (Lipinski definition) is 1. The highest BCUT2D eigenvalue weighted by Crippen LogP contribution is 2.14. The number of likely N-dealkylation sites (tertiary alicyclic amines) is 1. The Bertz CT molecular complexity index is 130. The van der Waals surface area contributed by atoms with E-state index in [-0.39, 0.29) is 5.92 Å². The van der Waals surface area contributed by atoms with Crippen molar-refractivity contribution in [2.45, 2.75) is 12.8 Å². The van der Waals surface area contributed by atoms with E-state index in [9.17, 15) is 0 Å². The van der Waals surface area contributed by atoms with Gasteiger partial charge in [-0.1, -0.05) is 0 Å². The molecular weight excluding hydrogens is 126 g/mol. The number of nitrogens with two attached hydrogens (primary N) is 1. The molecular formula is C7H13N3. The lowest BCUT2D eigenvalue weighted by Gasteiger charge is -2.27. The van der Waals surface area contributed by atoms with Crippen molar-refractivity contribution in [1.82, 2.24) is 4.90 Å². The average Bonchev–Trinajstić information content (AvgIpc) is 2.05. The normalized spacial score (nSPS) is 22.4. The maximum absolute atomic E-state index is 8.55. The van der Waals surface area contributed by atoms with Crippen LogP contribution in [0.1, 0.15) is 12.8 Å². The molecule has 1 aliphatic heterocycles. The van der Waals surface area contributed by atoms with Crippen LogP contribution < -0.4 is 5.73 Å². The smallest absolute Gasteiger partial charge is 0.0656 e. The maximum Gasteiger partial charge on any atom is 0.0656 e. The lowest BCUT2D eigenvalue weighted by Crippen LogP contribution is -2.37. The predicted octanol–water partition coefficient (Wildman–Crippen LogP) is 0.138. The van der Waals surface area contributed by atoms with Gasteiger partial charge in [-0.2, -0.15) is 5.26 Å². The van der Waals surface area contributed by atoms with Gasteiger partial charge in [0.05, 0.1) is 6.07 Å². The number of rotatable bonds is 1. The molecule has 0 saturated carbocycles. The molecule has 3 nitrogen and oxygen atoms in total. The molecule has 1 heterocycles. The van der Waals surface area contributed by atoms with Crippen LogP contribution in [0.5, 0.6) is 0 Å². The fraction of sp³-hybridized carbons (Fsp3) is 0.857. The van der Waals surface area contributed by atoms with Crippen LogP contribution in [-0.4, -0.2) is 24.7 Å². The van der Waals surface area contributed by atoms with E-state index in [1.165, 1.54) is 0 Å². The monoisotopic (exact) mass is 139 g/mol. The lowest BCUT2D eigenvalue weighted by molar-refractivity contribution is 0.211. The molecule has 0 aromatic carbocycles. The lowest BCUT2D eigenvalue weighted by atomic mass is 9.99. The van der Waals surface area contributed by atoms with Crippen LogP contribution >= 0.6 is 0 Å². The van der Waals surface area contributed by atoms with Crippen LogP contribution in [0.3, 0.4) is 0 Å². The first-order chi connectivity index (χ1) is 4.86. The summed E-state index contributed by atoms with van der Waals surface area (Å²) in [5.41, 5.74) is 5.43. The third-order valence-electron chi connectivity index (χ3n) is 2.03. The number of nitriles is 1. The first-order valence-electron chi connectivity index (χ1n) is 3.69. The molecule has 1 fully saturated rings. The summed E-state index contributed by atoms with van der Waals surface area (Å²) < 4.78 is 0. The van der Waals surface area contributed by atoms with Crippen LogP contribution in [-0.2, 0) is 0 Å². The van der Waals surface area contributed by atoms with E-state index < -0.39 is 0 Å². The van der Waals surface area contributed by atoms with Gasteiger partial charge in [-0.25, -0.2) is 0 Å². The second-order valence-electron chi connectivity index (χ2n) is 2.70. The van der Waals surface area contributed by atoms with Gasteiger partial charge in [-0.15, -0.1) is 0 Å². The quantitative estimate of drug-likeness (QED) is 0.562. The van der Waals surface area contributed by atoms with E-state index >= 15 is 0 Å². The van der Waals surface area contributed by atoms with Gasteiger partial charge in [0.2, 0.25) is 0 Å². The highest BCUT2D eigenvalue weighted by Gasteiger charge is 2.16. The van der Waals surface area contributed by atoms with Crippen molar-refractivity contribution in [2.75, 3.05) is 19.8 Å². The van der Waals surface area contributed by atoms with Gasteiger partial charge < -0.3 is 5.73 Å². The Morgan fingerprint density at radius 1 is 1.50 bits per heavy atom. The predicted molar refractivity (Wildman–Crippen MR) is 39.0 cm³/mol. The van der Waals surface area contributed by atoms with Crippen molar-refractivity contribution in [3.8, 4) is 6.07 Å². The molecule has 0 radical (unpaired) electrons. The third-order valence-corrected chi connectivity index (χ3v) is 2.03. The fourth-order valence-electron chi connectivity index (χ4n) is 1.24. The molecule has 1 saturated heterocycles. The molecule has 2 N–H and O–H groups in total. The van der Waals surface area contributed by atoms with Gasteiger partial charge in [0, 0.05) is 25.7 Å². The Hall–Kier alpha value is -0.590. The first-order valence-corrected chi connectivity index (χ1v) is 3.69. The first kappa shape index (κ1) is 7.52. The number of nitrogens with zero attached hydrogens (tertiary/aromatic N) is 2. The zero-order valence-corrected chi connectivity index (χ0v) is 6.08.